The Hall–Kier alpha value is -3.18. The van der Waals surface area contributed by atoms with Crippen molar-refractivity contribution in [1.82, 2.24) is 20.1 Å². The largest absolute Gasteiger partial charge is 0.477 e. The minimum Gasteiger partial charge on any atom is -0.477 e. The van der Waals surface area contributed by atoms with Gasteiger partial charge in [0.15, 0.2) is 6.29 Å². The summed E-state index contributed by atoms with van der Waals surface area (Å²) >= 11 is 0.973. The van der Waals surface area contributed by atoms with Crippen LogP contribution in [0.25, 0.3) is 0 Å². The van der Waals surface area contributed by atoms with Crippen molar-refractivity contribution in [2.45, 2.75) is 33.2 Å². The van der Waals surface area contributed by atoms with Gasteiger partial charge in [0, 0.05) is 25.6 Å². The maximum atomic E-state index is 10.2. The minimum atomic E-state index is -0.988. The van der Waals surface area contributed by atoms with Gasteiger partial charge in [0.1, 0.15) is 17.5 Å². The number of allylic oxidation sites excluding steroid dienone is 3. The molecule has 2 rings (SSSR count). The lowest BCUT2D eigenvalue weighted by molar-refractivity contribution is 0.0702. The standard InChI is InChI=1S/C12H16N4.C6H4O3S.C2H6/c1-3-4-7-12(13-2)8-5-6-9-16-11-14-10-15-16;7-3-4-1-2-5(10-4)6(8)9;1-2/h1,5-7,10-11,13H,4,8-9H2,2H3;1-3H,(H,8,9);1-2H3/b6-5-,12-7+;;. The highest BCUT2D eigenvalue weighted by Gasteiger charge is 2.04. The maximum Gasteiger partial charge on any atom is 0.345 e. The molecular weight excluding hydrogens is 376 g/mol. The number of nitrogens with one attached hydrogen (secondary N) is 1. The minimum absolute atomic E-state index is 0.196. The van der Waals surface area contributed by atoms with Gasteiger partial charge in [0.05, 0.1) is 11.4 Å². The number of aromatic carboxylic acids is 1. The average molecular weight is 403 g/mol. The molecule has 0 bridgehead atoms. The normalized spacial score (nSPS) is 10.1. The predicted molar refractivity (Wildman–Crippen MR) is 112 cm³/mol. The molecule has 0 atom stereocenters. The SMILES string of the molecule is C#CC/C=C(\C/C=C\Cn1cncn1)NC.CC.O=Cc1ccc(C(=O)O)s1. The van der Waals surface area contributed by atoms with Gasteiger partial charge in [0.2, 0.25) is 0 Å². The molecule has 7 nitrogen and oxygen atoms in total. The highest BCUT2D eigenvalue weighted by atomic mass is 32.1. The maximum absolute atomic E-state index is 10.2. The van der Waals surface area contributed by atoms with E-state index in [0.717, 1.165) is 30.0 Å². The molecule has 0 fully saturated rings. The Labute approximate surface area is 169 Å². The summed E-state index contributed by atoms with van der Waals surface area (Å²) in [5.41, 5.74) is 1.13. The summed E-state index contributed by atoms with van der Waals surface area (Å²) in [4.78, 5) is 24.8. The van der Waals surface area contributed by atoms with Gasteiger partial charge in [-0.1, -0.05) is 32.1 Å². The van der Waals surface area contributed by atoms with Crippen LogP contribution in [0.4, 0.5) is 0 Å². The Morgan fingerprint density at radius 3 is 2.61 bits per heavy atom. The molecule has 0 aliphatic rings. The second-order valence-corrected chi connectivity index (χ2v) is 5.92. The summed E-state index contributed by atoms with van der Waals surface area (Å²) in [5.74, 6) is 1.59. The van der Waals surface area contributed by atoms with E-state index in [9.17, 15) is 9.59 Å². The van der Waals surface area contributed by atoms with E-state index >= 15 is 0 Å². The number of carboxylic acid groups (broad SMARTS) is 1. The molecule has 150 valence electrons. The lowest BCUT2D eigenvalue weighted by Crippen LogP contribution is -2.04. The Morgan fingerprint density at radius 1 is 1.39 bits per heavy atom. The Bertz CT molecular complexity index is 787. The first kappa shape index (κ1) is 24.8. The van der Waals surface area contributed by atoms with E-state index in [2.05, 4.69) is 33.5 Å². The third kappa shape index (κ3) is 10.7. The molecule has 0 aliphatic heterocycles. The number of nitrogens with zero attached hydrogens (tertiary/aromatic N) is 3. The third-order valence-corrected chi connectivity index (χ3v) is 4.00. The molecular formula is C20H26N4O3S. The topological polar surface area (TPSA) is 97.1 Å². The lowest BCUT2D eigenvalue weighted by Gasteiger charge is -2.02. The molecule has 0 aromatic carbocycles. The molecule has 2 heterocycles. The molecule has 0 saturated carbocycles. The van der Waals surface area contributed by atoms with E-state index in [-0.39, 0.29) is 4.88 Å². The van der Waals surface area contributed by atoms with Gasteiger partial charge >= 0.3 is 5.97 Å². The fourth-order valence-electron chi connectivity index (χ4n) is 1.72. The van der Waals surface area contributed by atoms with Gasteiger partial charge in [-0.3, -0.25) is 4.79 Å². The van der Waals surface area contributed by atoms with Crippen LogP contribution in [0.2, 0.25) is 0 Å². The zero-order valence-electron chi connectivity index (χ0n) is 16.3. The fourth-order valence-corrected chi connectivity index (χ4v) is 2.38. The summed E-state index contributed by atoms with van der Waals surface area (Å²) in [5, 5.41) is 15.5. The van der Waals surface area contributed by atoms with E-state index in [1.54, 1.807) is 11.0 Å². The van der Waals surface area contributed by atoms with Crippen LogP contribution in [0, 0.1) is 12.3 Å². The number of hydrogen-bond acceptors (Lipinski definition) is 6. The van der Waals surface area contributed by atoms with Crippen LogP contribution in [-0.4, -0.2) is 39.2 Å². The van der Waals surface area contributed by atoms with Crippen LogP contribution in [0.3, 0.4) is 0 Å². The first-order valence-electron chi connectivity index (χ1n) is 8.66. The van der Waals surface area contributed by atoms with Crippen LogP contribution < -0.4 is 5.32 Å². The van der Waals surface area contributed by atoms with Crippen LogP contribution in [0.5, 0.6) is 0 Å². The molecule has 0 spiro atoms. The number of aromatic nitrogens is 3. The molecule has 2 aromatic heterocycles. The van der Waals surface area contributed by atoms with E-state index in [0.29, 0.717) is 17.6 Å². The van der Waals surface area contributed by atoms with Gasteiger partial charge in [-0.2, -0.15) is 5.10 Å². The van der Waals surface area contributed by atoms with E-state index in [1.165, 1.54) is 18.5 Å². The first-order valence-corrected chi connectivity index (χ1v) is 9.48. The second kappa shape index (κ2) is 16.0. The van der Waals surface area contributed by atoms with Crippen LogP contribution in [0.15, 0.2) is 48.7 Å². The molecule has 0 saturated heterocycles. The van der Waals surface area contributed by atoms with Gasteiger partial charge < -0.3 is 10.4 Å². The van der Waals surface area contributed by atoms with Gasteiger partial charge in [-0.05, 0) is 12.1 Å². The molecule has 28 heavy (non-hydrogen) atoms. The number of carbonyl (C=O) groups excluding carboxylic acids is 1. The highest BCUT2D eigenvalue weighted by Crippen LogP contribution is 2.13. The summed E-state index contributed by atoms with van der Waals surface area (Å²) < 4.78 is 1.76. The van der Waals surface area contributed by atoms with Crippen molar-refractivity contribution >= 4 is 23.6 Å². The summed E-state index contributed by atoms with van der Waals surface area (Å²) in [6.45, 7) is 4.74. The van der Waals surface area contributed by atoms with Crippen molar-refractivity contribution in [3.63, 3.8) is 0 Å². The molecule has 0 aliphatic carbocycles. The third-order valence-electron chi connectivity index (χ3n) is 3.00. The van der Waals surface area contributed by atoms with Crippen molar-refractivity contribution in [3.8, 4) is 12.3 Å². The summed E-state index contributed by atoms with van der Waals surface area (Å²) in [6, 6.07) is 2.90. The van der Waals surface area contributed by atoms with Gasteiger partial charge in [-0.15, -0.1) is 23.7 Å². The number of hydrogen-bond donors (Lipinski definition) is 2. The smallest absolute Gasteiger partial charge is 0.345 e. The first-order chi connectivity index (χ1) is 13.6. The van der Waals surface area contributed by atoms with E-state index in [1.807, 2.05) is 27.0 Å². The van der Waals surface area contributed by atoms with Gasteiger partial charge in [-0.25, -0.2) is 14.5 Å². The number of rotatable bonds is 8. The molecule has 2 N–H and O–H groups in total. The van der Waals surface area contributed by atoms with Crippen LogP contribution in [-0.2, 0) is 6.54 Å². The molecule has 0 radical (unpaired) electrons. The summed E-state index contributed by atoms with van der Waals surface area (Å²) in [6.07, 6.45) is 16.7. The molecule has 2 aromatic rings. The second-order valence-electron chi connectivity index (χ2n) is 4.81. The highest BCUT2D eigenvalue weighted by molar-refractivity contribution is 7.15. The fraction of sp³-hybridized carbons (Fsp3) is 0.300. The van der Waals surface area contributed by atoms with Crippen molar-refractivity contribution in [2.75, 3.05) is 7.05 Å². The number of carboxylic acids is 1. The number of thiophene rings is 1. The summed E-state index contributed by atoms with van der Waals surface area (Å²) in [7, 11) is 1.90. The quantitative estimate of drug-likeness (QED) is 0.397. The lowest BCUT2D eigenvalue weighted by atomic mass is 10.2. The monoisotopic (exact) mass is 402 g/mol. The van der Waals surface area contributed by atoms with Crippen molar-refractivity contribution in [3.05, 3.63) is 58.5 Å². The zero-order chi connectivity index (χ0) is 21.2. The molecule has 8 heteroatoms. The van der Waals surface area contributed by atoms with Crippen molar-refractivity contribution < 1.29 is 14.7 Å². The van der Waals surface area contributed by atoms with Crippen molar-refractivity contribution in [2.24, 2.45) is 0 Å². The number of aldehydes is 1. The Balaban J connectivity index is 0.000000520. The van der Waals surface area contributed by atoms with E-state index < -0.39 is 5.97 Å². The van der Waals surface area contributed by atoms with E-state index in [4.69, 9.17) is 11.5 Å². The molecule has 0 amide bonds. The number of terminal acetylenes is 1. The predicted octanol–water partition coefficient (Wildman–Crippen LogP) is 3.64. The average Bonchev–Trinajstić information content (AvgIpc) is 3.41. The van der Waals surface area contributed by atoms with Crippen molar-refractivity contribution in [1.29, 1.82) is 0 Å². The van der Waals surface area contributed by atoms with Crippen LogP contribution >= 0.6 is 11.3 Å². The van der Waals surface area contributed by atoms with Gasteiger partial charge in [0.25, 0.3) is 0 Å². The Morgan fingerprint density at radius 2 is 2.14 bits per heavy atom. The zero-order valence-corrected chi connectivity index (χ0v) is 17.1. The Kier molecular flexibility index (Phi) is 14.2. The molecule has 0 unspecified atom stereocenters. The van der Waals surface area contributed by atoms with Crippen LogP contribution in [0.1, 0.15) is 46.0 Å². The number of carbonyl (C=O) groups is 2.